The van der Waals surface area contributed by atoms with Crippen LogP contribution in [0.3, 0.4) is 0 Å². The van der Waals surface area contributed by atoms with Crippen molar-refractivity contribution in [2.45, 2.75) is 107 Å². The van der Waals surface area contributed by atoms with Gasteiger partial charge in [0.1, 0.15) is 0 Å². The van der Waals surface area contributed by atoms with E-state index in [1.807, 2.05) is 0 Å². The highest BCUT2D eigenvalue weighted by atomic mass is 19.4. The second kappa shape index (κ2) is 11.6. The van der Waals surface area contributed by atoms with E-state index in [0.717, 1.165) is 0 Å². The number of rotatable bonds is 0. The zero-order valence-corrected chi connectivity index (χ0v) is 23.0. The second-order valence-electron chi connectivity index (χ2n) is 10.3. The van der Waals surface area contributed by atoms with E-state index in [9.17, 15) is 158 Å². The van der Waals surface area contributed by atoms with Crippen molar-refractivity contribution in [1.82, 2.24) is 0 Å². The molecule has 0 bridgehead atoms. The predicted octanol–water partition coefficient (Wildman–Crippen LogP) is 11.4. The quantitative estimate of drug-likeness (QED) is 0.220. The van der Waals surface area contributed by atoms with E-state index in [1.54, 1.807) is 0 Å². The number of hydrogen-bond donors (Lipinski definition) is 0. The first-order valence-electron chi connectivity index (χ1n) is 11.5. The van der Waals surface area contributed by atoms with Gasteiger partial charge in [-0.25, -0.2) is 4.74 Å². The first-order valence-corrected chi connectivity index (χ1v) is 11.5. The van der Waals surface area contributed by atoms with Crippen molar-refractivity contribution in [2.75, 3.05) is 0 Å². The lowest BCUT2D eigenvalue weighted by Gasteiger charge is -2.46. The van der Waals surface area contributed by atoms with E-state index in [2.05, 4.69) is 0 Å². The van der Waals surface area contributed by atoms with Gasteiger partial charge in [0.2, 0.25) is 0 Å². The summed E-state index contributed by atoms with van der Waals surface area (Å²) in [7, 11) is 0. The maximum atomic E-state index is 13.8. The van der Waals surface area contributed by atoms with Crippen molar-refractivity contribution in [3.05, 3.63) is 0 Å². The standard InChI is InChI=1S/C18F36O/c19-1(20)2(21,22)4(25,26)6(29,30)8(33,34)10(37,38)12(41,42)14(45,46)16(49,50)18(53,54)55-17(51,52)15(47,48)13(43,44)11(39,40)9(35,36)7(31,32)5(27,28)3(1,23)24. The smallest absolute Gasteiger partial charge is 0.245 e. The Kier molecular flexibility index (Phi) is 10.6. The van der Waals surface area contributed by atoms with Gasteiger partial charge in [-0.1, -0.05) is 0 Å². The first kappa shape index (κ1) is 50.5. The van der Waals surface area contributed by atoms with Gasteiger partial charge in [-0.15, -0.1) is 0 Å². The van der Waals surface area contributed by atoms with Gasteiger partial charge in [-0.2, -0.15) is 158 Å². The van der Waals surface area contributed by atoms with Crippen molar-refractivity contribution in [2.24, 2.45) is 0 Å². The Balaban J connectivity index is 4.84. The van der Waals surface area contributed by atoms with E-state index in [4.69, 9.17) is 0 Å². The van der Waals surface area contributed by atoms with Gasteiger partial charge in [0.15, 0.2) is 0 Å². The van der Waals surface area contributed by atoms with Crippen LogP contribution in [-0.4, -0.2) is 107 Å². The highest BCUT2D eigenvalue weighted by molar-refractivity contribution is 5.23. The summed E-state index contributed by atoms with van der Waals surface area (Å²) in [6.45, 7) is 0. The van der Waals surface area contributed by atoms with Crippen molar-refractivity contribution in [1.29, 1.82) is 0 Å². The molecule has 1 saturated heterocycles. The number of alkyl halides is 36. The molecule has 0 unspecified atom stereocenters. The Bertz CT molecular complexity index is 1350. The minimum absolute atomic E-state index is 0.429. The molecule has 0 aromatic carbocycles. The van der Waals surface area contributed by atoms with Crippen molar-refractivity contribution in [3.63, 3.8) is 0 Å². The summed E-state index contributed by atoms with van der Waals surface area (Å²) < 4.78 is 496. The van der Waals surface area contributed by atoms with Crippen LogP contribution in [-0.2, 0) is 4.74 Å². The Hall–Kier alpha value is -2.56. The van der Waals surface area contributed by atoms with Gasteiger partial charge < -0.3 is 0 Å². The number of halogens is 36. The third-order valence-corrected chi connectivity index (χ3v) is 6.90. The molecule has 0 amide bonds. The average molecular weight is 916 g/mol. The van der Waals surface area contributed by atoms with Crippen LogP contribution in [0.15, 0.2) is 0 Å². The summed E-state index contributed by atoms with van der Waals surface area (Å²) in [6, 6.07) is 0. The van der Waals surface area contributed by atoms with E-state index < -0.39 is 107 Å². The number of hydrogen-bond acceptors (Lipinski definition) is 1. The van der Waals surface area contributed by atoms with E-state index in [-0.39, 0.29) is 0 Å². The lowest BCUT2D eigenvalue weighted by atomic mass is 9.82. The third kappa shape index (κ3) is 5.14. The highest BCUT2D eigenvalue weighted by Gasteiger charge is 3.03. The molecular formula is C18F36O. The molecule has 55 heavy (non-hydrogen) atoms. The van der Waals surface area contributed by atoms with E-state index in [1.165, 1.54) is 0 Å². The Morgan fingerprint density at radius 3 is 0.291 bits per heavy atom. The van der Waals surface area contributed by atoms with Crippen LogP contribution >= 0.6 is 0 Å². The average Bonchev–Trinajstić information content (AvgIpc) is 2.94. The Morgan fingerprint density at radius 2 is 0.200 bits per heavy atom. The molecule has 1 aliphatic rings. The molecule has 1 heterocycles. The molecule has 0 atom stereocenters. The summed E-state index contributed by atoms with van der Waals surface area (Å²) in [5, 5.41) is 0. The van der Waals surface area contributed by atoms with E-state index in [0.29, 0.717) is 4.74 Å². The predicted molar refractivity (Wildman–Crippen MR) is 90.1 cm³/mol. The first-order chi connectivity index (χ1) is 23.0. The van der Waals surface area contributed by atoms with Crippen LogP contribution in [0.4, 0.5) is 158 Å². The molecule has 0 saturated carbocycles. The summed E-state index contributed by atoms with van der Waals surface area (Å²) in [5.74, 6) is -163. The topological polar surface area (TPSA) is 9.23 Å². The molecule has 330 valence electrons. The van der Waals surface area contributed by atoms with Crippen LogP contribution in [0.25, 0.3) is 0 Å². The van der Waals surface area contributed by atoms with Gasteiger partial charge in [0.25, 0.3) is 0 Å². The SMILES string of the molecule is FC1(F)OC(F)(F)C(F)(F)C(F)(F)C(F)(F)C(F)(F)C(F)(F)C(F)(F)C(F)(F)C(F)(F)C(F)(F)C(F)(F)C(F)(F)C(F)(F)C(F)(F)C(F)(F)C(F)(F)C1(F)F. The van der Waals surface area contributed by atoms with Gasteiger partial charge in [0, 0.05) is 0 Å². The van der Waals surface area contributed by atoms with Crippen LogP contribution in [0.1, 0.15) is 0 Å². The molecule has 0 aliphatic carbocycles. The monoisotopic (exact) mass is 916 g/mol. The van der Waals surface area contributed by atoms with E-state index >= 15 is 0 Å². The molecule has 0 aromatic rings. The fraction of sp³-hybridized carbons (Fsp3) is 1.00. The molecule has 0 spiro atoms. The maximum Gasteiger partial charge on any atom is 0.430 e. The maximum absolute atomic E-state index is 13.8. The second-order valence-corrected chi connectivity index (χ2v) is 10.3. The molecule has 37 heteroatoms. The molecule has 1 fully saturated rings. The van der Waals surface area contributed by atoms with Crippen LogP contribution < -0.4 is 0 Å². The summed E-state index contributed by atoms with van der Waals surface area (Å²) >= 11 is 0. The molecule has 0 N–H and O–H groups in total. The third-order valence-electron chi connectivity index (χ3n) is 6.90. The normalized spacial score (nSPS) is 33.8. The summed E-state index contributed by atoms with van der Waals surface area (Å²) in [6.07, 6.45) is -19.0. The fourth-order valence-corrected chi connectivity index (χ4v) is 3.42. The molecule has 0 radical (unpaired) electrons. The molecule has 1 rings (SSSR count). The van der Waals surface area contributed by atoms with Crippen LogP contribution in [0.2, 0.25) is 0 Å². The lowest BCUT2D eigenvalue weighted by molar-refractivity contribution is -0.529. The minimum Gasteiger partial charge on any atom is -0.245 e. The Morgan fingerprint density at radius 1 is 0.127 bits per heavy atom. The molecule has 1 nitrogen and oxygen atoms in total. The van der Waals surface area contributed by atoms with Crippen LogP contribution in [0.5, 0.6) is 0 Å². The zero-order chi connectivity index (χ0) is 45.7. The fourth-order valence-electron chi connectivity index (χ4n) is 3.42. The highest BCUT2D eigenvalue weighted by Crippen LogP contribution is 2.71. The summed E-state index contributed by atoms with van der Waals surface area (Å²) in [4.78, 5) is 0. The van der Waals surface area contributed by atoms with Gasteiger partial charge in [-0.05, 0) is 0 Å². The molecule has 1 aliphatic heterocycles. The van der Waals surface area contributed by atoms with Crippen molar-refractivity contribution >= 4 is 0 Å². The molecule has 0 aromatic heterocycles. The Labute approximate surface area is 271 Å². The molecular weight excluding hydrogens is 916 g/mol. The summed E-state index contributed by atoms with van der Waals surface area (Å²) in [5.41, 5.74) is 0. The van der Waals surface area contributed by atoms with Crippen molar-refractivity contribution in [3.8, 4) is 0 Å². The van der Waals surface area contributed by atoms with Crippen LogP contribution in [0, 0.1) is 0 Å². The number of ether oxygens (including phenoxy) is 1. The zero-order valence-electron chi connectivity index (χ0n) is 23.0. The minimum atomic E-state index is -10.4. The largest absolute Gasteiger partial charge is 0.430 e. The van der Waals surface area contributed by atoms with Gasteiger partial charge in [0.05, 0.1) is 0 Å². The van der Waals surface area contributed by atoms with Crippen molar-refractivity contribution < 1.29 is 163 Å². The van der Waals surface area contributed by atoms with Gasteiger partial charge in [-0.3, -0.25) is 0 Å². The lowest BCUT2D eigenvalue weighted by Crippen LogP contribution is -2.80. The van der Waals surface area contributed by atoms with Gasteiger partial charge >= 0.3 is 107 Å².